The van der Waals surface area contributed by atoms with Gasteiger partial charge in [-0.3, -0.25) is 4.18 Å². The lowest BCUT2D eigenvalue weighted by Gasteiger charge is -2.35. The van der Waals surface area contributed by atoms with Crippen LogP contribution in [0.3, 0.4) is 0 Å². The largest absolute Gasteiger partial charge is 0.464 e. The molecular formula is C16H31O7PS. The molecule has 0 aromatic rings. The molecule has 9 heteroatoms. The van der Waals surface area contributed by atoms with Crippen LogP contribution in [0.25, 0.3) is 0 Å². The molecule has 1 aliphatic carbocycles. The van der Waals surface area contributed by atoms with E-state index in [0.717, 1.165) is 31.9 Å². The highest BCUT2D eigenvalue weighted by molar-refractivity contribution is 7.86. The second-order valence-electron chi connectivity index (χ2n) is 6.54. The van der Waals surface area contributed by atoms with E-state index in [4.69, 9.17) is 9.47 Å². The standard InChI is InChI=1S/C16H31O7PS/c1-4-21-15(17)16(22-5-2,11-14-9-7-6-8-10-14)12-24(18)13-23-25(3,19)20/h14,24H,4-13H2,1-3H3. The van der Waals surface area contributed by atoms with E-state index in [1.54, 1.807) is 13.8 Å². The van der Waals surface area contributed by atoms with Crippen LogP contribution in [0.15, 0.2) is 0 Å². The van der Waals surface area contributed by atoms with Gasteiger partial charge in [0.15, 0.2) is 5.60 Å². The maximum absolute atomic E-state index is 12.6. The van der Waals surface area contributed by atoms with Gasteiger partial charge in [-0.2, -0.15) is 8.42 Å². The van der Waals surface area contributed by atoms with Gasteiger partial charge in [0.2, 0.25) is 0 Å². The van der Waals surface area contributed by atoms with E-state index in [9.17, 15) is 17.8 Å². The van der Waals surface area contributed by atoms with Crippen molar-refractivity contribution in [1.82, 2.24) is 0 Å². The van der Waals surface area contributed by atoms with Crippen LogP contribution in [0.1, 0.15) is 52.4 Å². The monoisotopic (exact) mass is 398 g/mol. The Hall–Kier alpha value is -0.430. The van der Waals surface area contributed by atoms with Crippen molar-refractivity contribution in [3.8, 4) is 0 Å². The van der Waals surface area contributed by atoms with E-state index in [0.29, 0.717) is 12.3 Å². The zero-order chi connectivity index (χ0) is 18.9. The van der Waals surface area contributed by atoms with Crippen LogP contribution in [0.2, 0.25) is 0 Å². The minimum atomic E-state index is -3.68. The smallest absolute Gasteiger partial charge is 0.338 e. The molecule has 1 saturated carbocycles. The molecule has 148 valence electrons. The van der Waals surface area contributed by atoms with E-state index < -0.39 is 35.8 Å². The van der Waals surface area contributed by atoms with E-state index in [1.807, 2.05) is 0 Å². The van der Waals surface area contributed by atoms with Crippen molar-refractivity contribution in [3.05, 3.63) is 0 Å². The molecule has 0 spiro atoms. The molecule has 0 aromatic heterocycles. The normalized spacial score (nSPS) is 20.0. The van der Waals surface area contributed by atoms with Crippen LogP contribution in [0, 0.1) is 5.92 Å². The predicted molar refractivity (Wildman–Crippen MR) is 96.8 cm³/mol. The summed E-state index contributed by atoms with van der Waals surface area (Å²) in [6.45, 7) is 3.98. The molecule has 2 atom stereocenters. The van der Waals surface area contributed by atoms with Crippen LogP contribution in [0.5, 0.6) is 0 Å². The SMILES string of the molecule is CCOC(=O)C(CC1CCCCC1)(C[PH](=O)COS(C)(=O)=O)OCC. The summed E-state index contributed by atoms with van der Waals surface area (Å²) in [5.74, 6) is -0.199. The van der Waals surface area contributed by atoms with Gasteiger partial charge in [0.05, 0.1) is 12.9 Å². The molecule has 0 saturated heterocycles. The fourth-order valence-corrected chi connectivity index (χ4v) is 5.85. The van der Waals surface area contributed by atoms with Crippen LogP contribution in [-0.2, 0) is 33.1 Å². The van der Waals surface area contributed by atoms with Gasteiger partial charge in [-0.05, 0) is 26.2 Å². The average molecular weight is 398 g/mol. The van der Waals surface area contributed by atoms with Crippen molar-refractivity contribution in [2.75, 3.05) is 32.0 Å². The second-order valence-corrected chi connectivity index (χ2v) is 9.90. The highest BCUT2D eigenvalue weighted by Gasteiger charge is 2.44. The van der Waals surface area contributed by atoms with Crippen molar-refractivity contribution in [3.63, 3.8) is 0 Å². The minimum absolute atomic E-state index is 0.0592. The van der Waals surface area contributed by atoms with E-state index in [1.165, 1.54) is 6.42 Å². The Labute approximate surface area is 151 Å². The van der Waals surface area contributed by atoms with Gasteiger partial charge >= 0.3 is 5.97 Å². The maximum atomic E-state index is 12.6. The molecule has 0 N–H and O–H groups in total. The first-order chi connectivity index (χ1) is 11.7. The molecule has 2 unspecified atom stereocenters. The molecule has 0 heterocycles. The van der Waals surface area contributed by atoms with Crippen molar-refractivity contribution < 1.29 is 31.4 Å². The third-order valence-corrected chi connectivity index (χ3v) is 6.51. The number of ether oxygens (including phenoxy) is 2. The summed E-state index contributed by atoms with van der Waals surface area (Å²) < 4.78 is 50.3. The summed E-state index contributed by atoms with van der Waals surface area (Å²) in [7, 11) is -6.17. The molecule has 25 heavy (non-hydrogen) atoms. The van der Waals surface area contributed by atoms with Crippen LogP contribution >= 0.6 is 7.80 Å². The van der Waals surface area contributed by atoms with Gasteiger partial charge in [-0.1, -0.05) is 32.1 Å². The number of carbonyl (C=O) groups is 1. The Morgan fingerprint density at radius 3 is 2.32 bits per heavy atom. The van der Waals surface area contributed by atoms with Crippen LogP contribution < -0.4 is 0 Å². The molecule has 0 aromatic carbocycles. The van der Waals surface area contributed by atoms with E-state index in [-0.39, 0.29) is 19.4 Å². The minimum Gasteiger partial charge on any atom is -0.464 e. The first kappa shape index (κ1) is 22.6. The van der Waals surface area contributed by atoms with Crippen LogP contribution in [-0.4, -0.2) is 52.0 Å². The Morgan fingerprint density at radius 1 is 1.16 bits per heavy atom. The third-order valence-electron chi connectivity index (χ3n) is 4.33. The highest BCUT2D eigenvalue weighted by Crippen LogP contribution is 2.38. The number of carbonyl (C=O) groups excluding carboxylic acids is 1. The molecule has 0 bridgehead atoms. The fraction of sp³-hybridized carbons (Fsp3) is 0.938. The molecule has 1 aliphatic rings. The zero-order valence-electron chi connectivity index (χ0n) is 15.4. The third kappa shape index (κ3) is 8.20. The van der Waals surface area contributed by atoms with Gasteiger partial charge in [0, 0.05) is 12.8 Å². The lowest BCUT2D eigenvalue weighted by atomic mass is 9.81. The van der Waals surface area contributed by atoms with E-state index in [2.05, 4.69) is 4.18 Å². The summed E-state index contributed by atoms with van der Waals surface area (Å²) in [6, 6.07) is 0. The molecule has 1 rings (SSSR count). The number of rotatable bonds is 11. The van der Waals surface area contributed by atoms with Crippen molar-refractivity contribution in [1.29, 1.82) is 0 Å². The lowest BCUT2D eigenvalue weighted by Crippen LogP contribution is -2.47. The Kier molecular flexibility index (Phi) is 9.64. The zero-order valence-corrected chi connectivity index (χ0v) is 17.2. The quantitative estimate of drug-likeness (QED) is 0.300. The van der Waals surface area contributed by atoms with Crippen molar-refractivity contribution >= 4 is 23.9 Å². The summed E-state index contributed by atoms with van der Waals surface area (Å²) >= 11 is 0. The summed E-state index contributed by atoms with van der Waals surface area (Å²) in [6.07, 6.45) is 6.32. The highest BCUT2D eigenvalue weighted by atomic mass is 32.2. The second kappa shape index (κ2) is 10.7. The molecule has 0 amide bonds. The Morgan fingerprint density at radius 2 is 1.80 bits per heavy atom. The summed E-state index contributed by atoms with van der Waals surface area (Å²) in [5.41, 5.74) is -1.29. The summed E-state index contributed by atoms with van der Waals surface area (Å²) in [5, 5.41) is 0. The molecule has 0 radical (unpaired) electrons. The van der Waals surface area contributed by atoms with Gasteiger partial charge in [-0.25, -0.2) is 4.79 Å². The van der Waals surface area contributed by atoms with Gasteiger partial charge in [0.25, 0.3) is 10.1 Å². The Bertz CT molecular complexity index is 543. The van der Waals surface area contributed by atoms with Gasteiger partial charge < -0.3 is 14.0 Å². The van der Waals surface area contributed by atoms with E-state index >= 15 is 0 Å². The molecule has 0 aliphatic heterocycles. The molecule has 7 nitrogen and oxygen atoms in total. The van der Waals surface area contributed by atoms with Crippen LogP contribution in [0.4, 0.5) is 0 Å². The van der Waals surface area contributed by atoms with Gasteiger partial charge in [0.1, 0.15) is 14.1 Å². The first-order valence-electron chi connectivity index (χ1n) is 8.89. The fourth-order valence-electron chi connectivity index (χ4n) is 3.34. The summed E-state index contributed by atoms with van der Waals surface area (Å²) in [4.78, 5) is 12.6. The maximum Gasteiger partial charge on any atom is 0.338 e. The number of hydrogen-bond donors (Lipinski definition) is 0. The van der Waals surface area contributed by atoms with Crippen molar-refractivity contribution in [2.24, 2.45) is 5.92 Å². The predicted octanol–water partition coefficient (Wildman–Crippen LogP) is 2.79. The molecular weight excluding hydrogens is 367 g/mol. The molecule has 1 fully saturated rings. The van der Waals surface area contributed by atoms with Crippen molar-refractivity contribution in [2.45, 2.75) is 58.0 Å². The number of esters is 1. The topological polar surface area (TPSA) is 96.0 Å². The Balaban J connectivity index is 2.92. The number of hydrogen-bond acceptors (Lipinski definition) is 7. The van der Waals surface area contributed by atoms with Gasteiger partial charge in [-0.15, -0.1) is 0 Å². The first-order valence-corrected chi connectivity index (χ1v) is 12.5. The average Bonchev–Trinajstić information content (AvgIpc) is 2.53. The lowest BCUT2D eigenvalue weighted by molar-refractivity contribution is -0.171.